The zero-order chi connectivity index (χ0) is 18.0. The fourth-order valence-electron chi connectivity index (χ4n) is 3.26. The zero-order valence-electron chi connectivity index (χ0n) is 15.1. The minimum absolute atomic E-state index is 0.106. The first-order valence-electron chi connectivity index (χ1n) is 8.82. The molecule has 0 aliphatic carbocycles. The average molecular weight is 344 g/mol. The van der Waals surface area contributed by atoms with E-state index in [4.69, 9.17) is 4.42 Å². The van der Waals surface area contributed by atoms with Crippen molar-refractivity contribution in [3.05, 3.63) is 53.5 Å². The lowest BCUT2D eigenvalue weighted by molar-refractivity contribution is -0.140. The minimum atomic E-state index is -0.380. The molecule has 1 amide bonds. The quantitative estimate of drug-likeness (QED) is 0.840. The van der Waals surface area contributed by atoms with Gasteiger partial charge in [0.05, 0.1) is 12.1 Å². The molecule has 5 heteroatoms. The van der Waals surface area contributed by atoms with Crippen LogP contribution in [-0.4, -0.2) is 28.9 Å². The fraction of sp³-hybridized carbons (Fsp3) is 0.500. The van der Waals surface area contributed by atoms with Gasteiger partial charge in [-0.3, -0.25) is 4.79 Å². The Morgan fingerprint density at radius 2 is 2.12 bits per heavy atom. The van der Waals surface area contributed by atoms with Gasteiger partial charge in [-0.1, -0.05) is 39.0 Å². The van der Waals surface area contributed by atoms with E-state index in [9.17, 15) is 9.18 Å². The van der Waals surface area contributed by atoms with E-state index in [1.54, 1.807) is 18.3 Å². The largest absolute Gasteiger partial charge is 0.445 e. The summed E-state index contributed by atoms with van der Waals surface area (Å²) >= 11 is 0. The molecule has 0 N–H and O–H groups in total. The van der Waals surface area contributed by atoms with Crippen LogP contribution in [0.15, 0.2) is 34.9 Å². The Bertz CT molecular complexity index is 748. The molecule has 4 nitrogen and oxygen atoms in total. The van der Waals surface area contributed by atoms with Crippen LogP contribution >= 0.6 is 0 Å². The Hall–Kier alpha value is -2.17. The molecule has 1 aromatic heterocycles. The molecule has 1 atom stereocenters. The van der Waals surface area contributed by atoms with Crippen molar-refractivity contribution in [2.24, 2.45) is 5.41 Å². The molecule has 0 unspecified atom stereocenters. The molecule has 1 aliphatic heterocycles. The summed E-state index contributed by atoms with van der Waals surface area (Å²) in [5, 5.41) is 0. The SMILES string of the molecule is CC(C)(C)C(=O)N1CCC[C@H](c2ncc(Cc3ccccc3F)o2)C1. The number of carbonyl (C=O) groups excluding carboxylic acids is 1. The Morgan fingerprint density at radius 3 is 2.84 bits per heavy atom. The van der Waals surface area contributed by atoms with E-state index in [0.717, 1.165) is 19.4 Å². The fourth-order valence-corrected chi connectivity index (χ4v) is 3.26. The van der Waals surface area contributed by atoms with Crippen molar-refractivity contribution < 1.29 is 13.6 Å². The van der Waals surface area contributed by atoms with Crippen LogP contribution in [0.2, 0.25) is 0 Å². The van der Waals surface area contributed by atoms with E-state index in [2.05, 4.69) is 4.98 Å². The van der Waals surface area contributed by atoms with Crippen LogP contribution in [0.4, 0.5) is 4.39 Å². The third-order valence-corrected chi connectivity index (χ3v) is 4.59. The van der Waals surface area contributed by atoms with Crippen LogP contribution in [0.3, 0.4) is 0 Å². The first-order chi connectivity index (χ1) is 11.8. The average Bonchev–Trinajstić information content (AvgIpc) is 3.04. The van der Waals surface area contributed by atoms with Gasteiger partial charge >= 0.3 is 0 Å². The minimum Gasteiger partial charge on any atom is -0.445 e. The summed E-state index contributed by atoms with van der Waals surface area (Å²) in [4.78, 5) is 18.8. The molecule has 3 rings (SSSR count). The molecule has 2 heterocycles. The van der Waals surface area contributed by atoms with Crippen molar-refractivity contribution in [1.29, 1.82) is 0 Å². The Kier molecular flexibility index (Phi) is 4.93. The summed E-state index contributed by atoms with van der Waals surface area (Å²) in [5.41, 5.74) is 0.215. The highest BCUT2D eigenvalue weighted by atomic mass is 19.1. The van der Waals surface area contributed by atoms with E-state index in [0.29, 0.717) is 30.2 Å². The Balaban J connectivity index is 1.69. The van der Waals surface area contributed by atoms with Gasteiger partial charge in [-0.25, -0.2) is 9.37 Å². The third kappa shape index (κ3) is 4.09. The van der Waals surface area contributed by atoms with Gasteiger partial charge in [0.15, 0.2) is 5.89 Å². The summed E-state index contributed by atoms with van der Waals surface area (Å²) in [7, 11) is 0. The number of amides is 1. The molecule has 0 saturated carbocycles. The lowest BCUT2D eigenvalue weighted by atomic mass is 9.91. The number of hydrogen-bond donors (Lipinski definition) is 0. The maximum absolute atomic E-state index is 13.8. The highest BCUT2D eigenvalue weighted by molar-refractivity contribution is 5.81. The van der Waals surface area contributed by atoms with Crippen LogP contribution in [0.25, 0.3) is 0 Å². The van der Waals surface area contributed by atoms with Crippen LogP contribution in [0, 0.1) is 11.2 Å². The number of rotatable bonds is 3. The highest BCUT2D eigenvalue weighted by Crippen LogP contribution is 2.30. The number of nitrogens with zero attached hydrogens (tertiary/aromatic N) is 2. The summed E-state index contributed by atoms with van der Waals surface area (Å²) in [6.07, 6.45) is 3.95. The molecule has 2 aromatic rings. The first-order valence-corrected chi connectivity index (χ1v) is 8.82. The summed E-state index contributed by atoms with van der Waals surface area (Å²) < 4.78 is 19.7. The molecular formula is C20H25FN2O2. The van der Waals surface area contributed by atoms with Crippen molar-refractivity contribution in [1.82, 2.24) is 9.88 Å². The lowest BCUT2D eigenvalue weighted by Gasteiger charge is -2.35. The van der Waals surface area contributed by atoms with Gasteiger partial charge in [-0.2, -0.15) is 0 Å². The van der Waals surface area contributed by atoms with Gasteiger partial charge in [-0.15, -0.1) is 0 Å². The topological polar surface area (TPSA) is 46.3 Å². The van der Waals surface area contributed by atoms with Crippen LogP contribution in [0.5, 0.6) is 0 Å². The van der Waals surface area contributed by atoms with Crippen molar-refractivity contribution in [3.63, 3.8) is 0 Å². The predicted molar refractivity (Wildman–Crippen MR) is 93.7 cm³/mol. The Labute approximate surface area is 148 Å². The smallest absolute Gasteiger partial charge is 0.227 e. The summed E-state index contributed by atoms with van der Waals surface area (Å²) in [5.74, 6) is 1.34. The molecule has 1 aliphatic rings. The standard InChI is InChI=1S/C20H25FN2O2/c1-20(2,3)19(24)23-10-6-8-15(13-23)18-22-12-16(25-18)11-14-7-4-5-9-17(14)21/h4-5,7,9,12,15H,6,8,10-11,13H2,1-3H3/t15-/m0/s1. The molecular weight excluding hydrogens is 319 g/mol. The van der Waals surface area contributed by atoms with Gasteiger partial charge in [0, 0.05) is 24.9 Å². The molecule has 25 heavy (non-hydrogen) atoms. The van der Waals surface area contributed by atoms with Gasteiger partial charge in [0.1, 0.15) is 11.6 Å². The normalized spacial score (nSPS) is 18.4. The van der Waals surface area contributed by atoms with E-state index in [1.807, 2.05) is 31.7 Å². The number of piperidine rings is 1. The van der Waals surface area contributed by atoms with Gasteiger partial charge in [-0.05, 0) is 24.5 Å². The predicted octanol–water partition coefficient (Wildman–Crippen LogP) is 4.16. The molecule has 0 radical (unpaired) electrons. The maximum atomic E-state index is 13.8. The van der Waals surface area contributed by atoms with E-state index in [1.165, 1.54) is 6.07 Å². The Morgan fingerprint density at radius 1 is 1.36 bits per heavy atom. The van der Waals surface area contributed by atoms with E-state index >= 15 is 0 Å². The maximum Gasteiger partial charge on any atom is 0.227 e. The summed E-state index contributed by atoms with van der Waals surface area (Å²) in [6, 6.07) is 6.69. The molecule has 0 bridgehead atoms. The summed E-state index contributed by atoms with van der Waals surface area (Å²) in [6.45, 7) is 7.24. The molecule has 1 fully saturated rings. The third-order valence-electron chi connectivity index (χ3n) is 4.59. The monoisotopic (exact) mass is 344 g/mol. The number of benzene rings is 1. The lowest BCUT2D eigenvalue weighted by Crippen LogP contribution is -2.44. The van der Waals surface area contributed by atoms with Crippen molar-refractivity contribution >= 4 is 5.91 Å². The first kappa shape index (κ1) is 17.6. The van der Waals surface area contributed by atoms with E-state index in [-0.39, 0.29) is 23.1 Å². The molecule has 1 aromatic carbocycles. The second kappa shape index (κ2) is 6.98. The zero-order valence-corrected chi connectivity index (χ0v) is 15.1. The second-order valence-corrected chi connectivity index (χ2v) is 7.77. The number of halogens is 1. The number of carbonyl (C=O) groups is 1. The van der Waals surface area contributed by atoms with Gasteiger partial charge < -0.3 is 9.32 Å². The van der Waals surface area contributed by atoms with Gasteiger partial charge in [0.2, 0.25) is 5.91 Å². The van der Waals surface area contributed by atoms with E-state index < -0.39 is 0 Å². The number of oxazole rings is 1. The molecule has 1 saturated heterocycles. The highest BCUT2D eigenvalue weighted by Gasteiger charge is 2.33. The van der Waals surface area contributed by atoms with Crippen molar-refractivity contribution in [3.8, 4) is 0 Å². The number of likely N-dealkylation sites (tertiary alicyclic amines) is 1. The molecule has 134 valence electrons. The van der Waals surface area contributed by atoms with Gasteiger partial charge in [0.25, 0.3) is 0 Å². The van der Waals surface area contributed by atoms with Crippen LogP contribution in [0.1, 0.15) is 56.7 Å². The second-order valence-electron chi connectivity index (χ2n) is 7.77. The van der Waals surface area contributed by atoms with Crippen LogP contribution in [-0.2, 0) is 11.2 Å². The van der Waals surface area contributed by atoms with Crippen LogP contribution < -0.4 is 0 Å². The van der Waals surface area contributed by atoms with Crippen molar-refractivity contribution in [2.45, 2.75) is 46.0 Å². The van der Waals surface area contributed by atoms with Crippen molar-refractivity contribution in [2.75, 3.05) is 13.1 Å². The number of hydrogen-bond acceptors (Lipinski definition) is 3. The molecule has 0 spiro atoms. The number of aromatic nitrogens is 1.